The molecular weight excluding hydrogens is 372 g/mol. The number of allylic oxidation sites excluding steroid dienone is 2. The minimum Gasteiger partial charge on any atom is -0.343 e. The number of H-pyrrole nitrogens is 1. The molecule has 0 saturated heterocycles. The number of ketones is 1. The molecule has 0 spiro atoms. The van der Waals surface area contributed by atoms with E-state index in [0.717, 1.165) is 23.4 Å². The number of aromatic amines is 1. The topological polar surface area (TPSA) is 98.6 Å². The number of carbonyl (C=O) groups excluding carboxylic acids is 1. The zero-order valence-electron chi connectivity index (χ0n) is 15.5. The van der Waals surface area contributed by atoms with Crippen LogP contribution in [0.2, 0.25) is 0 Å². The van der Waals surface area contributed by atoms with E-state index >= 15 is 0 Å². The number of nitrogens with zero attached hydrogens (tertiary/aromatic N) is 2. The van der Waals surface area contributed by atoms with Crippen molar-refractivity contribution in [1.82, 2.24) is 9.97 Å². The Bertz CT molecular complexity index is 1050. The number of nitrogens with one attached hydrogen (secondary N) is 2. The maximum Gasteiger partial charge on any atom is 0.257 e. The van der Waals surface area contributed by atoms with Gasteiger partial charge >= 0.3 is 0 Å². The second-order valence-corrected chi connectivity index (χ2v) is 8.04. The highest BCUT2D eigenvalue weighted by Gasteiger charge is 2.42. The molecule has 4 rings (SSSR count). The zero-order chi connectivity index (χ0) is 19.7. The van der Waals surface area contributed by atoms with Gasteiger partial charge in [-0.15, -0.1) is 0 Å². The van der Waals surface area contributed by atoms with E-state index in [-0.39, 0.29) is 11.3 Å². The van der Waals surface area contributed by atoms with Gasteiger partial charge in [-0.1, -0.05) is 36.9 Å². The highest BCUT2D eigenvalue weighted by Crippen LogP contribution is 2.44. The highest BCUT2D eigenvalue weighted by atomic mass is 32.2. The molecule has 2 atom stereocenters. The number of hydrogen-bond donors (Lipinski definition) is 2. The van der Waals surface area contributed by atoms with E-state index < -0.39 is 11.8 Å². The minimum absolute atomic E-state index is 0.119. The van der Waals surface area contributed by atoms with Gasteiger partial charge in [0.1, 0.15) is 11.6 Å². The molecule has 1 aliphatic carbocycles. The molecule has 0 amide bonds. The van der Waals surface area contributed by atoms with E-state index in [9.17, 15) is 9.59 Å². The van der Waals surface area contributed by atoms with Crippen molar-refractivity contribution in [2.75, 3.05) is 11.1 Å². The molecule has 0 radical (unpaired) electrons. The molecule has 0 bridgehead atoms. The quantitative estimate of drug-likeness (QED) is 0.610. The number of rotatable bonds is 4. The fourth-order valence-corrected chi connectivity index (χ4v) is 4.58. The van der Waals surface area contributed by atoms with Crippen LogP contribution in [0, 0.1) is 17.2 Å². The van der Waals surface area contributed by atoms with Crippen molar-refractivity contribution >= 4 is 23.4 Å². The number of thioether (sulfide) groups is 1. The Labute approximate surface area is 167 Å². The van der Waals surface area contributed by atoms with Gasteiger partial charge in [0.05, 0.1) is 23.1 Å². The van der Waals surface area contributed by atoms with E-state index in [1.807, 2.05) is 18.2 Å². The molecule has 6 nitrogen and oxygen atoms in total. The van der Waals surface area contributed by atoms with Crippen molar-refractivity contribution in [3.8, 4) is 6.07 Å². The van der Waals surface area contributed by atoms with Gasteiger partial charge in [0, 0.05) is 23.8 Å². The molecule has 2 heterocycles. The van der Waals surface area contributed by atoms with E-state index in [1.165, 1.54) is 11.8 Å². The minimum atomic E-state index is -0.425. The molecule has 0 unspecified atom stereocenters. The second kappa shape index (κ2) is 7.64. The molecule has 7 heteroatoms. The molecule has 0 fully saturated rings. The third-order valence-corrected chi connectivity index (χ3v) is 6.20. The summed E-state index contributed by atoms with van der Waals surface area (Å²) in [7, 11) is 0. The molecule has 142 valence electrons. The third kappa shape index (κ3) is 3.25. The predicted molar refractivity (Wildman–Crippen MR) is 108 cm³/mol. The lowest BCUT2D eigenvalue weighted by Crippen LogP contribution is -2.38. The van der Waals surface area contributed by atoms with E-state index in [4.69, 9.17) is 5.26 Å². The van der Waals surface area contributed by atoms with Crippen LogP contribution in [-0.4, -0.2) is 21.5 Å². The number of benzene rings is 1. The Morgan fingerprint density at radius 2 is 2.04 bits per heavy atom. The molecular formula is C21H20N4O2S. The van der Waals surface area contributed by atoms with Gasteiger partial charge in [0.2, 0.25) is 0 Å². The number of fused-ring (bicyclic) bond motifs is 2. The summed E-state index contributed by atoms with van der Waals surface area (Å²) in [5, 5.41) is 12.9. The molecule has 1 aromatic heterocycles. The van der Waals surface area contributed by atoms with Crippen molar-refractivity contribution in [2.24, 2.45) is 5.92 Å². The summed E-state index contributed by atoms with van der Waals surface area (Å²) < 4.78 is 0. The van der Waals surface area contributed by atoms with Gasteiger partial charge in [-0.3, -0.25) is 9.59 Å². The smallest absolute Gasteiger partial charge is 0.257 e. The van der Waals surface area contributed by atoms with Crippen LogP contribution < -0.4 is 10.9 Å². The van der Waals surface area contributed by atoms with E-state index in [0.29, 0.717) is 34.9 Å². The molecule has 2 aliphatic rings. The SMILES string of the molecule is CCCSc1nc2c(c(=O)[nH]1)[C@@H](c1ccc(C#N)cc1)[C@@H]1C(=O)CCC=C1N2. The first-order valence-corrected chi connectivity index (χ1v) is 10.4. The highest BCUT2D eigenvalue weighted by molar-refractivity contribution is 7.99. The van der Waals surface area contributed by atoms with Gasteiger partial charge in [0.15, 0.2) is 5.16 Å². The van der Waals surface area contributed by atoms with Crippen LogP contribution in [0.4, 0.5) is 5.82 Å². The van der Waals surface area contributed by atoms with Gasteiger partial charge in [0.25, 0.3) is 5.56 Å². The zero-order valence-corrected chi connectivity index (χ0v) is 16.3. The van der Waals surface area contributed by atoms with Crippen molar-refractivity contribution in [1.29, 1.82) is 5.26 Å². The molecule has 2 aromatic rings. The average molecular weight is 392 g/mol. The molecule has 0 saturated carbocycles. The van der Waals surface area contributed by atoms with Crippen LogP contribution in [0.15, 0.2) is 46.0 Å². The van der Waals surface area contributed by atoms with Gasteiger partial charge < -0.3 is 10.3 Å². The summed E-state index contributed by atoms with van der Waals surface area (Å²) in [6, 6.07) is 9.21. The Morgan fingerprint density at radius 1 is 1.25 bits per heavy atom. The fraction of sp³-hybridized carbons (Fsp3) is 0.333. The second-order valence-electron chi connectivity index (χ2n) is 6.96. The Balaban J connectivity index is 1.88. The maximum atomic E-state index is 13.0. The number of nitriles is 1. The molecule has 28 heavy (non-hydrogen) atoms. The summed E-state index contributed by atoms with van der Waals surface area (Å²) in [6.07, 6.45) is 4.17. The molecule has 1 aliphatic heterocycles. The van der Waals surface area contributed by atoms with Gasteiger partial charge in [-0.25, -0.2) is 4.98 Å². The summed E-state index contributed by atoms with van der Waals surface area (Å²) in [5.41, 5.74) is 2.48. The van der Waals surface area contributed by atoms with Crippen molar-refractivity contribution in [3.05, 3.63) is 63.1 Å². The van der Waals surface area contributed by atoms with Crippen LogP contribution >= 0.6 is 11.8 Å². The monoisotopic (exact) mass is 392 g/mol. The Kier molecular flexibility index (Phi) is 5.05. The van der Waals surface area contributed by atoms with Crippen LogP contribution in [0.5, 0.6) is 0 Å². The van der Waals surface area contributed by atoms with Crippen LogP contribution in [0.3, 0.4) is 0 Å². The van der Waals surface area contributed by atoms with E-state index in [1.54, 1.807) is 12.1 Å². The van der Waals surface area contributed by atoms with Crippen molar-refractivity contribution < 1.29 is 4.79 Å². The lowest BCUT2D eigenvalue weighted by Gasteiger charge is -2.36. The van der Waals surface area contributed by atoms with Crippen LogP contribution in [-0.2, 0) is 4.79 Å². The number of Topliss-reactive ketones (excluding diaryl/α,β-unsaturated/α-hetero) is 1. The first kappa shape index (κ1) is 18.5. The largest absolute Gasteiger partial charge is 0.343 e. The summed E-state index contributed by atoms with van der Waals surface area (Å²) in [4.78, 5) is 33.3. The van der Waals surface area contributed by atoms with Crippen molar-refractivity contribution in [3.63, 3.8) is 0 Å². The first-order valence-electron chi connectivity index (χ1n) is 9.39. The number of aromatic nitrogens is 2. The lowest BCUT2D eigenvalue weighted by molar-refractivity contribution is -0.122. The maximum absolute atomic E-state index is 13.0. The summed E-state index contributed by atoms with van der Waals surface area (Å²) >= 11 is 1.51. The molecule has 1 aromatic carbocycles. The third-order valence-electron chi connectivity index (χ3n) is 5.12. The number of carbonyl (C=O) groups is 1. The average Bonchev–Trinajstić information content (AvgIpc) is 2.71. The molecule has 2 N–H and O–H groups in total. The summed E-state index contributed by atoms with van der Waals surface area (Å²) in [5.74, 6) is 0.670. The Morgan fingerprint density at radius 3 is 2.75 bits per heavy atom. The van der Waals surface area contributed by atoms with Gasteiger partial charge in [-0.2, -0.15) is 5.26 Å². The Hall–Kier alpha value is -2.85. The van der Waals surface area contributed by atoms with Gasteiger partial charge in [-0.05, 0) is 30.5 Å². The van der Waals surface area contributed by atoms with Crippen LogP contribution in [0.25, 0.3) is 0 Å². The van der Waals surface area contributed by atoms with Crippen LogP contribution in [0.1, 0.15) is 48.8 Å². The first-order chi connectivity index (χ1) is 13.6. The normalized spacial score (nSPS) is 20.4. The standard InChI is InChI=1S/C21H20N4O2S/c1-2-10-28-21-24-19-18(20(27)25-21)16(13-8-6-12(11-22)7-9-13)17-14(23-19)4-3-5-15(17)26/h4,6-9,16-17H,2-3,5,10H2,1H3,(H2,23,24,25,27)/t16-,17-/m0/s1. The van der Waals surface area contributed by atoms with Crippen molar-refractivity contribution in [2.45, 2.75) is 37.3 Å². The number of anilines is 1. The number of hydrogen-bond acceptors (Lipinski definition) is 6. The fourth-order valence-electron chi connectivity index (χ4n) is 3.86. The van der Waals surface area contributed by atoms with E-state index in [2.05, 4.69) is 28.3 Å². The summed E-state index contributed by atoms with van der Waals surface area (Å²) in [6.45, 7) is 2.08. The lowest BCUT2D eigenvalue weighted by atomic mass is 9.72. The predicted octanol–water partition coefficient (Wildman–Crippen LogP) is 3.56.